The molecule has 11 aromatic rings. The van der Waals surface area contributed by atoms with Crippen molar-refractivity contribution in [2.75, 3.05) is 18.6 Å². The molecule has 4 unspecified atom stereocenters. The topological polar surface area (TPSA) is 275 Å². The predicted octanol–water partition coefficient (Wildman–Crippen LogP) is 20.3. The SMILES string of the molecule is C#Cc1ccc(I)c(C)c1.Cc1cc(-c2cn(C3CCc4c(F)cccc4CC3=O)nn2)ccc1I.Cc1cc(-c2cn(C3CCc4c(F)cccc4N(CC(F)(F)F)C3=O)nn2)ccc1I.Cc1cc(C=O)ccc1I.O=C1CCCc2c(F)cccc2C1.O=C1Cc2cccc(F)c2CCC1I.[2H]CF.[N-]=[N+]=NC1CCc2c(F)cccc2CC1=O.[N-]=[N+]=[N-].[Na+]. The molecule has 1 amide bonds. The van der Waals surface area contributed by atoms with Crippen LogP contribution in [0, 0.1) is 83.4 Å². The summed E-state index contributed by atoms with van der Waals surface area (Å²) in [7, 11) is -1.00. The van der Waals surface area contributed by atoms with Gasteiger partial charge in [-0.1, -0.05) is 117 Å². The summed E-state index contributed by atoms with van der Waals surface area (Å²) in [6.45, 7) is 6.55. The number of amides is 1. The van der Waals surface area contributed by atoms with Crippen molar-refractivity contribution in [3.63, 3.8) is 0 Å². The van der Waals surface area contributed by atoms with Crippen molar-refractivity contribution in [3.8, 4) is 34.9 Å². The summed E-state index contributed by atoms with van der Waals surface area (Å²) in [5.74, 6) is 0.674. The van der Waals surface area contributed by atoms with E-state index in [1.165, 1.54) is 73.9 Å². The average Bonchev–Trinajstić information content (AvgIpc) is 1.65. The van der Waals surface area contributed by atoms with Crippen LogP contribution in [-0.2, 0) is 81.8 Å². The van der Waals surface area contributed by atoms with Gasteiger partial charge in [0.15, 0.2) is 5.78 Å². The Morgan fingerprint density at radius 3 is 1.40 bits per heavy atom. The van der Waals surface area contributed by atoms with E-state index in [-0.39, 0.29) is 117 Å². The van der Waals surface area contributed by atoms with Crippen molar-refractivity contribution in [1.29, 1.82) is 0 Å². The van der Waals surface area contributed by atoms with Crippen molar-refractivity contribution in [2.45, 2.75) is 152 Å². The van der Waals surface area contributed by atoms with Crippen molar-refractivity contribution in [3.05, 3.63) is 329 Å². The van der Waals surface area contributed by atoms with E-state index in [9.17, 15) is 68.3 Å². The van der Waals surface area contributed by atoms with Gasteiger partial charge in [-0.05, 0) is 346 Å². The van der Waals surface area contributed by atoms with Crippen LogP contribution in [0.25, 0.3) is 48.9 Å². The summed E-state index contributed by atoms with van der Waals surface area (Å²) in [6.07, 6.45) is 11.6. The summed E-state index contributed by atoms with van der Waals surface area (Å²) >= 11 is 11.2. The van der Waals surface area contributed by atoms with E-state index in [1.807, 2.05) is 105 Å². The molecule has 1 aliphatic heterocycles. The second-order valence-electron chi connectivity index (χ2n) is 29.1. The fourth-order valence-corrected chi connectivity index (χ4v) is 16.1. The molecule has 0 N–H and O–H groups in total. The molecule has 16 rings (SSSR count). The quantitative estimate of drug-likeness (QED) is 0.0139. The maximum Gasteiger partial charge on any atom is 1.00 e. The molecule has 5 aliphatic rings. The van der Waals surface area contributed by atoms with Crippen LogP contribution in [0.2, 0.25) is 0 Å². The van der Waals surface area contributed by atoms with Crippen LogP contribution >= 0.6 is 113 Å². The van der Waals surface area contributed by atoms with Gasteiger partial charge in [0.05, 0.1) is 36.6 Å². The van der Waals surface area contributed by atoms with E-state index in [1.54, 1.807) is 41.2 Å². The first-order valence-electron chi connectivity index (χ1n) is 39.5. The normalized spacial score (nSPS) is 15.9. The molecule has 126 heavy (non-hydrogen) atoms. The van der Waals surface area contributed by atoms with Gasteiger partial charge in [0, 0.05) is 79.1 Å². The molecule has 4 atom stereocenters. The standard InChI is InChI=1S/C21H17F4IN4O.C20H17FIN3O.C11H10FIO.C11H10FN3O.C11H11FO.C9H7I.C8H7IO.CH3F.N3.Na/c1-12-9-13(5-7-16(12)26)17-10-30(28-27-17)19-8-6-14-15(22)3-2-4-18(14)29(20(19)31)11-21(23,24)25;1-12-9-14(5-7-17(12)22)18-11-25(24-23-18)19-8-6-15-13(10-20(19)26)3-2-4-16(15)21;12-9-3-1-2-7-6-11(14)10(13)5-4-8(7)9;12-9-3-1-2-7-6-11(16)10(14-15-13)5-4-8(7)9;12-11-6-1-3-8-7-9(13)4-2-5-10(8)11;1-3-8-4-5-9(10)7(2)6-8;1-6-4-7(5-10)2-3-8(6)9;1-2;1-3-2;/h2-5,7,9-10,19H,6,8,11H2,1H3;2-5,7,9,11,19H,6,8,10H2,1H3;1-3,10H,4-6H2;1-3,10H,4-6H2;1,3,6H,2,4-5,7H2;1,4-6H,2H3;2-5H,1H3;1H3;;/q;;;;;;;;-1;+1/i;;;;;;;1D;;. The van der Waals surface area contributed by atoms with Crippen LogP contribution in [0.15, 0.2) is 181 Å². The molecule has 0 saturated heterocycles. The molecule has 650 valence electrons. The number of aryl methyl sites for hydroxylation is 4. The van der Waals surface area contributed by atoms with Crippen LogP contribution in [-0.4, -0.2) is 95.2 Å². The van der Waals surface area contributed by atoms with E-state index in [0.29, 0.717) is 85.1 Å². The van der Waals surface area contributed by atoms with Crippen LogP contribution in [0.4, 0.5) is 45.2 Å². The fraction of sp³-hybridized carbons (Fsp3) is 0.283. The molecule has 19 nitrogen and oxygen atoms in total. The van der Waals surface area contributed by atoms with E-state index in [4.69, 9.17) is 24.4 Å². The zero-order chi connectivity index (χ0) is 92.1. The molecule has 9 aromatic carbocycles. The zero-order valence-electron chi connectivity index (χ0n) is 69.8. The number of nitrogens with zero attached hydrogens (tertiary/aromatic N) is 13. The number of anilines is 1. The molecule has 0 spiro atoms. The number of fused-ring (bicyclic) bond motifs is 5. The minimum absolute atomic E-state index is 0. The average molecular weight is 2300 g/mol. The van der Waals surface area contributed by atoms with Gasteiger partial charge in [0.1, 0.15) is 82.7 Å². The number of azide groups is 1. The molecule has 0 radical (unpaired) electrons. The van der Waals surface area contributed by atoms with E-state index < -0.39 is 49.7 Å². The Bertz CT molecular complexity index is 5890. The summed E-state index contributed by atoms with van der Waals surface area (Å²) in [6, 6.07) is 44.9. The van der Waals surface area contributed by atoms with Gasteiger partial charge in [-0.3, -0.25) is 38.1 Å². The number of alkyl halides is 5. The maximum absolute atomic E-state index is 14.4. The van der Waals surface area contributed by atoms with Gasteiger partial charge >= 0.3 is 35.7 Å². The third kappa shape index (κ3) is 29.7. The second-order valence-corrected chi connectivity index (χ2v) is 35.2. The number of aldehydes is 1. The van der Waals surface area contributed by atoms with E-state index in [0.717, 1.165) is 89.6 Å². The van der Waals surface area contributed by atoms with Gasteiger partial charge in [-0.15, -0.1) is 16.6 Å². The number of ketones is 4. The van der Waals surface area contributed by atoms with Gasteiger partial charge in [0.25, 0.3) is 5.91 Å². The number of benzene rings is 9. The zero-order valence-corrected chi connectivity index (χ0v) is 81.6. The molecule has 2 aromatic heterocycles. The van der Waals surface area contributed by atoms with E-state index >= 15 is 0 Å². The predicted molar refractivity (Wildman–Crippen MR) is 504 cm³/mol. The van der Waals surface area contributed by atoms with Gasteiger partial charge < -0.3 is 16.0 Å². The van der Waals surface area contributed by atoms with Crippen LogP contribution < -0.4 is 34.5 Å². The fourth-order valence-electron chi connectivity index (χ4n) is 14.2. The minimum atomic E-state index is -4.64. The summed E-state index contributed by atoms with van der Waals surface area (Å²) < 4.78 is 131. The molecule has 34 heteroatoms. The van der Waals surface area contributed by atoms with Crippen molar-refractivity contribution < 1.29 is 99.2 Å². The number of Topliss-reactive ketones (excluding diaryl/α,β-unsaturated/α-hetero) is 4. The van der Waals surface area contributed by atoms with Crippen LogP contribution in [0.5, 0.6) is 0 Å². The number of terminal acetylenes is 1. The minimum Gasteiger partial charge on any atom is -0.373 e. The first-order valence-corrected chi connectivity index (χ1v) is 44.3. The first-order chi connectivity index (χ1) is 60.1. The Morgan fingerprint density at radius 1 is 0.532 bits per heavy atom. The van der Waals surface area contributed by atoms with Crippen molar-refractivity contribution >= 4 is 154 Å². The molecular weight excluding hydrogens is 2210 g/mol. The number of aromatic nitrogens is 6. The molecule has 3 heterocycles. The Hall–Kier alpha value is -8.72. The Labute approximate surface area is 814 Å². The monoisotopic (exact) mass is 2290 g/mol. The van der Waals surface area contributed by atoms with E-state index in [2.05, 4.69) is 169 Å². The number of carbonyl (C=O) groups is 6. The van der Waals surface area contributed by atoms with Crippen LogP contribution in [0.3, 0.4) is 0 Å². The third-order valence-electron chi connectivity index (χ3n) is 20.6. The van der Waals surface area contributed by atoms with Gasteiger partial charge in [-0.25, -0.2) is 31.3 Å². The van der Waals surface area contributed by atoms with Gasteiger partial charge in [0.2, 0.25) is 0 Å². The number of hydrogen-bond donors (Lipinski definition) is 0. The second kappa shape index (κ2) is 50.9. The summed E-state index contributed by atoms with van der Waals surface area (Å²) in [5.41, 5.74) is 37.1. The molecule has 0 saturated carbocycles. The smallest absolute Gasteiger partial charge is 0.373 e. The van der Waals surface area contributed by atoms with Crippen molar-refractivity contribution in [1.82, 2.24) is 30.0 Å². The Kier molecular flexibility index (Phi) is 41.5. The maximum atomic E-state index is 14.4. The number of carbonyl (C=O) groups excluding carboxylic acids is 6. The first kappa shape index (κ1) is 103. The molecule has 0 fully saturated rings. The number of halogens is 14. The number of rotatable bonds is 7. The van der Waals surface area contributed by atoms with Crippen molar-refractivity contribution in [2.24, 2.45) is 5.11 Å². The molecule has 0 bridgehead atoms. The van der Waals surface area contributed by atoms with Gasteiger partial charge in [-0.2, -0.15) is 13.2 Å². The Morgan fingerprint density at radius 2 is 0.937 bits per heavy atom. The largest absolute Gasteiger partial charge is 1.00 e. The van der Waals surface area contributed by atoms with Crippen LogP contribution in [0.1, 0.15) is 140 Å². The molecular formula is C92H82F9I5N13NaO6. The molecule has 4 aliphatic carbocycles. The Balaban J connectivity index is 0.000000208. The number of hydrogen-bond acceptors (Lipinski definition) is 11. The third-order valence-corrected chi connectivity index (χ3v) is 26.8. The summed E-state index contributed by atoms with van der Waals surface area (Å²) in [5, 5.41) is 20.0. The summed E-state index contributed by atoms with van der Waals surface area (Å²) in [4.78, 5) is 75.4.